The Balaban J connectivity index is 1.47. The van der Waals surface area contributed by atoms with Gasteiger partial charge >= 0.3 is 12.1 Å². The van der Waals surface area contributed by atoms with E-state index in [4.69, 9.17) is 9.47 Å². The zero-order valence-corrected chi connectivity index (χ0v) is 23.8. The molecule has 42 heavy (non-hydrogen) atoms. The molecule has 2 fully saturated rings. The highest BCUT2D eigenvalue weighted by atomic mass is 19.4. The van der Waals surface area contributed by atoms with E-state index in [-0.39, 0.29) is 37.8 Å². The van der Waals surface area contributed by atoms with Crippen LogP contribution in [0.4, 0.5) is 13.2 Å². The third kappa shape index (κ3) is 7.81. The molecule has 11 heteroatoms. The standard InChI is InChI=1S/C31H37F3N2O6/c1-41-26-19-23(7-10-25(26)42-18-17-36-27(37)11-12-28(36)38)20-35(21-30(29(39)40)14-3-2-4-15-30)16-13-22-5-8-24(9-6-22)31(32,33)34/h5-10,19H,2-4,11-18,20-21H2,1H3,(H,39,40). The minimum atomic E-state index is -4.41. The fraction of sp³-hybridized carbons (Fsp3) is 0.516. The number of amides is 2. The van der Waals surface area contributed by atoms with Gasteiger partial charge in [0, 0.05) is 32.5 Å². The number of carbonyl (C=O) groups is 3. The van der Waals surface area contributed by atoms with Crippen LogP contribution in [-0.2, 0) is 33.5 Å². The second-order valence-corrected chi connectivity index (χ2v) is 11.1. The lowest BCUT2D eigenvalue weighted by atomic mass is 9.73. The maximum Gasteiger partial charge on any atom is 0.416 e. The molecule has 2 aromatic carbocycles. The first-order valence-electron chi connectivity index (χ1n) is 14.3. The quantitative estimate of drug-likeness (QED) is 0.316. The van der Waals surface area contributed by atoms with Gasteiger partial charge in [0.2, 0.25) is 11.8 Å². The number of nitrogens with zero attached hydrogens (tertiary/aromatic N) is 2. The van der Waals surface area contributed by atoms with E-state index in [1.54, 1.807) is 12.1 Å². The van der Waals surface area contributed by atoms with Crippen molar-refractivity contribution in [3.8, 4) is 11.5 Å². The molecule has 0 unspecified atom stereocenters. The first-order chi connectivity index (χ1) is 20.0. The maximum atomic E-state index is 13.0. The molecule has 1 saturated heterocycles. The van der Waals surface area contributed by atoms with Gasteiger partial charge in [0.1, 0.15) is 6.61 Å². The molecule has 0 aromatic heterocycles. The topological polar surface area (TPSA) is 96.4 Å². The van der Waals surface area contributed by atoms with Gasteiger partial charge in [-0.25, -0.2) is 0 Å². The van der Waals surface area contributed by atoms with Gasteiger partial charge in [-0.3, -0.25) is 24.2 Å². The SMILES string of the molecule is COc1cc(CN(CCc2ccc(C(F)(F)F)cc2)CC2(C(=O)O)CCCCC2)ccc1OCCN1C(=O)CCC1=O. The molecule has 2 amide bonds. The van der Waals surface area contributed by atoms with Crippen molar-refractivity contribution in [2.24, 2.45) is 5.41 Å². The molecule has 1 N–H and O–H groups in total. The number of hydrogen-bond donors (Lipinski definition) is 1. The van der Waals surface area contributed by atoms with Crippen LogP contribution in [0.25, 0.3) is 0 Å². The summed E-state index contributed by atoms with van der Waals surface area (Å²) in [6.07, 6.45) is 0.330. The van der Waals surface area contributed by atoms with E-state index < -0.39 is 23.1 Å². The molecule has 0 radical (unpaired) electrons. The minimum Gasteiger partial charge on any atom is -0.493 e. The fourth-order valence-corrected chi connectivity index (χ4v) is 5.76. The molecule has 1 saturated carbocycles. The number of methoxy groups -OCH3 is 1. The smallest absolute Gasteiger partial charge is 0.416 e. The Kier molecular flexibility index (Phi) is 10.1. The first kappa shape index (κ1) is 31.3. The van der Waals surface area contributed by atoms with Crippen LogP contribution < -0.4 is 9.47 Å². The highest BCUT2D eigenvalue weighted by Crippen LogP contribution is 2.38. The minimum absolute atomic E-state index is 0.119. The number of aliphatic carboxylic acids is 1. The van der Waals surface area contributed by atoms with Crippen LogP contribution in [0.15, 0.2) is 42.5 Å². The number of rotatable bonds is 13. The van der Waals surface area contributed by atoms with Crippen molar-refractivity contribution in [1.29, 1.82) is 0 Å². The van der Waals surface area contributed by atoms with Crippen LogP contribution in [0.3, 0.4) is 0 Å². The third-order valence-electron chi connectivity index (χ3n) is 8.15. The average Bonchev–Trinajstić information content (AvgIpc) is 3.29. The molecule has 2 aromatic rings. The predicted molar refractivity (Wildman–Crippen MR) is 148 cm³/mol. The fourth-order valence-electron chi connectivity index (χ4n) is 5.76. The van der Waals surface area contributed by atoms with Crippen molar-refractivity contribution in [3.05, 3.63) is 59.2 Å². The number of hydrogen-bond acceptors (Lipinski definition) is 6. The molecule has 0 atom stereocenters. The van der Waals surface area contributed by atoms with Gasteiger partial charge in [-0.15, -0.1) is 0 Å². The number of ether oxygens (including phenoxy) is 2. The predicted octanol–water partition coefficient (Wildman–Crippen LogP) is 5.32. The molecule has 0 bridgehead atoms. The van der Waals surface area contributed by atoms with Gasteiger partial charge in [0.15, 0.2) is 11.5 Å². The van der Waals surface area contributed by atoms with Gasteiger partial charge in [-0.1, -0.05) is 37.5 Å². The second kappa shape index (κ2) is 13.6. The zero-order valence-electron chi connectivity index (χ0n) is 23.8. The lowest BCUT2D eigenvalue weighted by Crippen LogP contribution is -2.45. The van der Waals surface area contributed by atoms with Gasteiger partial charge in [-0.2, -0.15) is 13.2 Å². The number of carboxylic acid groups (broad SMARTS) is 1. The van der Waals surface area contributed by atoms with E-state index >= 15 is 0 Å². The summed E-state index contributed by atoms with van der Waals surface area (Å²) in [5.41, 5.74) is 0.00374. The van der Waals surface area contributed by atoms with Crippen molar-refractivity contribution >= 4 is 17.8 Å². The molecular weight excluding hydrogens is 553 g/mol. The summed E-state index contributed by atoms with van der Waals surface area (Å²) < 4.78 is 50.4. The monoisotopic (exact) mass is 590 g/mol. The number of likely N-dealkylation sites (tertiary alicyclic amines) is 1. The molecule has 1 aliphatic carbocycles. The molecule has 1 heterocycles. The summed E-state index contributed by atoms with van der Waals surface area (Å²) in [6.45, 7) is 1.45. The van der Waals surface area contributed by atoms with E-state index in [0.29, 0.717) is 50.4 Å². The van der Waals surface area contributed by atoms with Crippen molar-refractivity contribution in [1.82, 2.24) is 9.80 Å². The van der Waals surface area contributed by atoms with E-state index in [2.05, 4.69) is 4.90 Å². The summed E-state index contributed by atoms with van der Waals surface area (Å²) >= 11 is 0. The molecule has 2 aliphatic rings. The zero-order chi connectivity index (χ0) is 30.3. The number of imide groups is 1. The Labute approximate surface area is 243 Å². The lowest BCUT2D eigenvalue weighted by molar-refractivity contribution is -0.152. The molecule has 228 valence electrons. The Morgan fingerprint density at radius 2 is 1.62 bits per heavy atom. The van der Waals surface area contributed by atoms with E-state index in [1.165, 1.54) is 24.1 Å². The van der Waals surface area contributed by atoms with E-state index in [0.717, 1.165) is 42.5 Å². The van der Waals surface area contributed by atoms with E-state index in [9.17, 15) is 32.7 Å². The highest BCUT2D eigenvalue weighted by molar-refractivity contribution is 6.01. The van der Waals surface area contributed by atoms with Crippen molar-refractivity contribution in [3.63, 3.8) is 0 Å². The van der Waals surface area contributed by atoms with E-state index in [1.807, 2.05) is 6.07 Å². The third-order valence-corrected chi connectivity index (χ3v) is 8.15. The summed E-state index contributed by atoms with van der Waals surface area (Å²) in [7, 11) is 1.50. The molecule has 1 aliphatic heterocycles. The Hall–Kier alpha value is -3.60. The first-order valence-corrected chi connectivity index (χ1v) is 14.3. The number of carboxylic acids is 1. The average molecular weight is 591 g/mol. The normalized spacial score (nSPS) is 17.1. The number of benzene rings is 2. The van der Waals surface area contributed by atoms with Crippen molar-refractivity contribution in [2.75, 3.05) is 33.4 Å². The molecule has 0 spiro atoms. The van der Waals surface area contributed by atoms with Crippen LogP contribution >= 0.6 is 0 Å². The maximum absolute atomic E-state index is 13.0. The van der Waals surface area contributed by atoms with Gasteiger partial charge in [-0.05, 0) is 54.7 Å². The van der Waals surface area contributed by atoms with Crippen LogP contribution in [-0.4, -0.2) is 66.0 Å². The lowest BCUT2D eigenvalue weighted by Gasteiger charge is -2.38. The molecule has 8 nitrogen and oxygen atoms in total. The molecular formula is C31H37F3N2O6. The summed E-state index contributed by atoms with van der Waals surface area (Å²) in [5, 5.41) is 10.2. The number of alkyl halides is 3. The number of carbonyl (C=O) groups excluding carboxylic acids is 2. The second-order valence-electron chi connectivity index (χ2n) is 11.1. The van der Waals surface area contributed by atoms with Crippen LogP contribution in [0, 0.1) is 5.41 Å². The van der Waals surface area contributed by atoms with Crippen LogP contribution in [0.2, 0.25) is 0 Å². The Bertz CT molecular complexity index is 1240. The largest absolute Gasteiger partial charge is 0.493 e. The Morgan fingerprint density at radius 1 is 0.976 bits per heavy atom. The summed E-state index contributed by atoms with van der Waals surface area (Å²) in [6, 6.07) is 10.5. The summed E-state index contributed by atoms with van der Waals surface area (Å²) in [5.74, 6) is -0.331. The Morgan fingerprint density at radius 3 is 2.21 bits per heavy atom. The van der Waals surface area contributed by atoms with Crippen LogP contribution in [0.1, 0.15) is 61.6 Å². The van der Waals surface area contributed by atoms with Crippen LogP contribution in [0.5, 0.6) is 11.5 Å². The summed E-state index contributed by atoms with van der Waals surface area (Å²) in [4.78, 5) is 39.4. The molecule has 4 rings (SSSR count). The van der Waals surface area contributed by atoms with Gasteiger partial charge in [0.25, 0.3) is 0 Å². The van der Waals surface area contributed by atoms with Gasteiger partial charge < -0.3 is 14.6 Å². The number of halogens is 3. The van der Waals surface area contributed by atoms with Crippen molar-refractivity contribution in [2.45, 2.75) is 64.1 Å². The van der Waals surface area contributed by atoms with Gasteiger partial charge in [0.05, 0.1) is 24.6 Å². The van der Waals surface area contributed by atoms with Crippen molar-refractivity contribution < 1.29 is 42.1 Å². The highest BCUT2D eigenvalue weighted by Gasteiger charge is 2.41.